The Morgan fingerprint density at radius 1 is 0.963 bits per heavy atom. The van der Waals surface area contributed by atoms with E-state index in [0.29, 0.717) is 45.7 Å². The van der Waals surface area contributed by atoms with Crippen LogP contribution in [0.25, 0.3) is 0 Å². The third-order valence-corrected chi connectivity index (χ3v) is 5.55. The average molecular weight is 364 g/mol. The van der Waals surface area contributed by atoms with E-state index in [1.807, 2.05) is 65.6 Å². The number of carbonyl (C=O) groups excluding carboxylic acids is 2. The number of hydrogen-bond donors (Lipinski definition) is 0. The number of likely N-dealkylation sites (tertiary alicyclic amines) is 1. The topological polar surface area (TPSA) is 49.9 Å². The summed E-state index contributed by atoms with van der Waals surface area (Å²) in [5, 5.41) is 0. The second kappa shape index (κ2) is 7.53. The van der Waals surface area contributed by atoms with Gasteiger partial charge in [-0.05, 0) is 17.5 Å². The molecule has 2 saturated heterocycles. The quantitative estimate of drug-likeness (QED) is 0.838. The van der Waals surface area contributed by atoms with Crippen molar-refractivity contribution in [1.82, 2.24) is 9.80 Å². The highest BCUT2D eigenvalue weighted by molar-refractivity contribution is 5.95. The number of amides is 2. The minimum atomic E-state index is -0.939. The largest absolute Gasteiger partial charge is 0.378 e. The van der Waals surface area contributed by atoms with Gasteiger partial charge in [-0.3, -0.25) is 9.59 Å². The first-order valence-electron chi connectivity index (χ1n) is 9.49. The van der Waals surface area contributed by atoms with Crippen LogP contribution in [-0.4, -0.2) is 47.9 Å². The molecule has 0 spiro atoms. The highest BCUT2D eigenvalue weighted by atomic mass is 16.5. The molecule has 0 unspecified atom stereocenters. The highest BCUT2D eigenvalue weighted by Crippen LogP contribution is 2.42. The van der Waals surface area contributed by atoms with E-state index in [4.69, 9.17) is 4.74 Å². The van der Waals surface area contributed by atoms with Gasteiger partial charge in [0.2, 0.25) is 5.91 Å². The molecule has 5 heteroatoms. The Balaban J connectivity index is 1.76. The first-order valence-corrected chi connectivity index (χ1v) is 9.49. The molecule has 0 saturated carbocycles. The molecule has 0 N–H and O–H groups in total. The lowest BCUT2D eigenvalue weighted by molar-refractivity contribution is -0.153. The Bertz CT molecular complexity index is 803. The second-order valence-electron chi connectivity index (χ2n) is 7.10. The van der Waals surface area contributed by atoms with Crippen LogP contribution >= 0.6 is 0 Å². The molecule has 2 aromatic carbocycles. The van der Waals surface area contributed by atoms with Crippen LogP contribution in [0.4, 0.5) is 0 Å². The number of nitrogens with zero attached hydrogens (tertiary/aromatic N) is 2. The van der Waals surface area contributed by atoms with Gasteiger partial charge in [0.05, 0.1) is 13.2 Å². The molecule has 0 aromatic heterocycles. The number of ether oxygens (including phenoxy) is 1. The summed E-state index contributed by atoms with van der Waals surface area (Å²) in [6.45, 7) is 2.67. The summed E-state index contributed by atoms with van der Waals surface area (Å²) < 4.78 is 5.42. The van der Waals surface area contributed by atoms with Crippen molar-refractivity contribution in [1.29, 1.82) is 0 Å². The van der Waals surface area contributed by atoms with E-state index >= 15 is 0 Å². The molecule has 2 amide bonds. The van der Waals surface area contributed by atoms with Crippen molar-refractivity contribution in [2.75, 3.05) is 26.3 Å². The Labute approximate surface area is 159 Å². The summed E-state index contributed by atoms with van der Waals surface area (Å²) in [6.07, 6.45) is 0.899. The van der Waals surface area contributed by atoms with Crippen molar-refractivity contribution in [3.8, 4) is 0 Å². The number of carbonyl (C=O) groups is 2. The predicted molar refractivity (Wildman–Crippen MR) is 102 cm³/mol. The zero-order chi connectivity index (χ0) is 18.7. The number of rotatable bonds is 4. The number of morpholine rings is 1. The van der Waals surface area contributed by atoms with E-state index in [0.717, 1.165) is 11.1 Å². The first-order chi connectivity index (χ1) is 13.2. The Hall–Kier alpha value is -2.66. The maximum absolute atomic E-state index is 13.7. The monoisotopic (exact) mass is 364 g/mol. The summed E-state index contributed by atoms with van der Waals surface area (Å²) in [6, 6.07) is 19.6. The maximum Gasteiger partial charge on any atom is 0.253 e. The third kappa shape index (κ3) is 3.23. The van der Waals surface area contributed by atoms with Crippen molar-refractivity contribution in [2.24, 2.45) is 0 Å². The molecule has 27 heavy (non-hydrogen) atoms. The van der Waals surface area contributed by atoms with E-state index in [1.165, 1.54) is 0 Å². The van der Waals surface area contributed by atoms with Gasteiger partial charge in [0, 0.05) is 26.1 Å². The van der Waals surface area contributed by atoms with E-state index in [1.54, 1.807) is 4.90 Å². The molecule has 2 heterocycles. The molecular formula is C22H24N2O3. The molecule has 5 nitrogen and oxygen atoms in total. The van der Waals surface area contributed by atoms with Gasteiger partial charge in [-0.2, -0.15) is 0 Å². The van der Waals surface area contributed by atoms with Crippen molar-refractivity contribution in [3.05, 3.63) is 71.8 Å². The van der Waals surface area contributed by atoms with Crippen molar-refractivity contribution < 1.29 is 14.3 Å². The van der Waals surface area contributed by atoms with Crippen molar-refractivity contribution in [2.45, 2.75) is 24.9 Å². The summed E-state index contributed by atoms with van der Waals surface area (Å²) in [7, 11) is 0. The van der Waals surface area contributed by atoms with Gasteiger partial charge in [0.1, 0.15) is 5.54 Å². The lowest BCUT2D eigenvalue weighted by Gasteiger charge is -2.42. The smallest absolute Gasteiger partial charge is 0.253 e. The van der Waals surface area contributed by atoms with Crippen LogP contribution in [0.2, 0.25) is 0 Å². The normalized spacial score (nSPS) is 22.9. The van der Waals surface area contributed by atoms with E-state index in [-0.39, 0.29) is 11.8 Å². The SMILES string of the molecule is O=C1CC[C@@](C(=O)N2CCOCC2)(c2ccccc2)N1Cc1ccccc1. The lowest BCUT2D eigenvalue weighted by atomic mass is 9.85. The van der Waals surface area contributed by atoms with Crippen LogP contribution in [0, 0.1) is 0 Å². The molecule has 140 valence electrons. The molecule has 0 bridgehead atoms. The van der Waals surface area contributed by atoms with E-state index < -0.39 is 5.54 Å². The number of benzene rings is 2. The molecule has 2 aliphatic rings. The van der Waals surface area contributed by atoms with Crippen molar-refractivity contribution >= 4 is 11.8 Å². The van der Waals surface area contributed by atoms with Crippen LogP contribution in [0.5, 0.6) is 0 Å². The summed E-state index contributed by atoms with van der Waals surface area (Å²) in [5.41, 5.74) is 0.983. The zero-order valence-corrected chi connectivity index (χ0v) is 15.3. The van der Waals surface area contributed by atoms with Crippen LogP contribution in [0.3, 0.4) is 0 Å². The predicted octanol–water partition coefficient (Wildman–Crippen LogP) is 2.56. The maximum atomic E-state index is 13.7. The Kier molecular flexibility index (Phi) is 4.94. The molecule has 2 aromatic rings. The van der Waals surface area contributed by atoms with Gasteiger partial charge in [0.25, 0.3) is 5.91 Å². The van der Waals surface area contributed by atoms with Crippen molar-refractivity contribution in [3.63, 3.8) is 0 Å². The van der Waals surface area contributed by atoms with Crippen LogP contribution < -0.4 is 0 Å². The first kappa shape index (κ1) is 17.7. The summed E-state index contributed by atoms with van der Waals surface area (Å²) in [5.74, 6) is 0.0445. The van der Waals surface area contributed by atoms with Crippen LogP contribution in [0.15, 0.2) is 60.7 Å². The number of hydrogen-bond acceptors (Lipinski definition) is 3. The Morgan fingerprint density at radius 2 is 1.59 bits per heavy atom. The van der Waals surface area contributed by atoms with Crippen LogP contribution in [-0.2, 0) is 26.4 Å². The highest BCUT2D eigenvalue weighted by Gasteiger charge is 2.53. The molecule has 0 radical (unpaired) electrons. The van der Waals surface area contributed by atoms with Gasteiger partial charge in [0.15, 0.2) is 0 Å². The standard InChI is InChI=1S/C22H24N2O3/c25-20-11-12-22(19-9-5-2-6-10-19,21(26)23-13-15-27-16-14-23)24(20)17-18-7-3-1-4-8-18/h1-10H,11-17H2/t22-/m0/s1. The van der Waals surface area contributed by atoms with Gasteiger partial charge in [-0.1, -0.05) is 60.7 Å². The minimum absolute atomic E-state index is 0.0128. The fraction of sp³-hybridized carbons (Fsp3) is 0.364. The molecule has 2 aliphatic heterocycles. The van der Waals surface area contributed by atoms with Gasteiger partial charge in [-0.15, -0.1) is 0 Å². The summed E-state index contributed by atoms with van der Waals surface area (Å²) in [4.78, 5) is 30.3. The minimum Gasteiger partial charge on any atom is -0.378 e. The van der Waals surface area contributed by atoms with Crippen LogP contribution in [0.1, 0.15) is 24.0 Å². The van der Waals surface area contributed by atoms with Gasteiger partial charge < -0.3 is 14.5 Å². The van der Waals surface area contributed by atoms with E-state index in [9.17, 15) is 9.59 Å². The average Bonchev–Trinajstić information content (AvgIpc) is 3.07. The molecule has 4 rings (SSSR count). The lowest BCUT2D eigenvalue weighted by Crippen LogP contribution is -2.57. The third-order valence-electron chi connectivity index (χ3n) is 5.55. The fourth-order valence-corrected chi connectivity index (χ4v) is 4.15. The molecule has 2 fully saturated rings. The molecule has 0 aliphatic carbocycles. The van der Waals surface area contributed by atoms with Gasteiger partial charge in [-0.25, -0.2) is 0 Å². The second-order valence-corrected chi connectivity index (χ2v) is 7.10. The molecule has 1 atom stereocenters. The van der Waals surface area contributed by atoms with E-state index in [2.05, 4.69) is 0 Å². The fourth-order valence-electron chi connectivity index (χ4n) is 4.15. The molecular weight excluding hydrogens is 340 g/mol. The van der Waals surface area contributed by atoms with Gasteiger partial charge >= 0.3 is 0 Å². The summed E-state index contributed by atoms with van der Waals surface area (Å²) >= 11 is 0. The Morgan fingerprint density at radius 3 is 2.26 bits per heavy atom. The zero-order valence-electron chi connectivity index (χ0n) is 15.3.